The average Bonchev–Trinajstić information content (AvgIpc) is 3.35. The Morgan fingerprint density at radius 1 is 1.21 bits per heavy atom. The smallest absolute Gasteiger partial charge is 0.266 e. The Morgan fingerprint density at radius 2 is 2.00 bits per heavy atom. The van der Waals surface area contributed by atoms with Gasteiger partial charge in [-0.1, -0.05) is 39.3 Å². The molecule has 0 saturated heterocycles. The van der Waals surface area contributed by atoms with Gasteiger partial charge in [0, 0.05) is 21.0 Å². The third kappa shape index (κ3) is 2.66. The Balaban J connectivity index is 1.59. The van der Waals surface area contributed by atoms with Crippen LogP contribution in [0.4, 0.5) is 5.82 Å². The van der Waals surface area contributed by atoms with Crippen molar-refractivity contribution in [3.8, 4) is 17.1 Å². The fraction of sp³-hybridized carbons (Fsp3) is 0.250. The zero-order chi connectivity index (χ0) is 19.5. The highest BCUT2D eigenvalue weighted by Gasteiger charge is 2.50. The van der Waals surface area contributed by atoms with Crippen molar-refractivity contribution >= 4 is 31.8 Å². The summed E-state index contributed by atoms with van der Waals surface area (Å²) in [4.78, 5) is 0.0642. The van der Waals surface area contributed by atoms with Gasteiger partial charge in [-0.05, 0) is 49.1 Å². The molecule has 28 heavy (non-hydrogen) atoms. The highest BCUT2D eigenvalue weighted by Crippen LogP contribution is 2.58. The highest BCUT2D eigenvalue weighted by atomic mass is 79.9. The summed E-state index contributed by atoms with van der Waals surface area (Å²) < 4.78 is 40.3. The SMILES string of the molecule is COc1ccccc1S(=O)(=O)Nc1noc2c1CC1(CC1)c1ccc(Br)cc1-2. The van der Waals surface area contributed by atoms with E-state index in [1.807, 2.05) is 12.1 Å². The molecule has 0 radical (unpaired) electrons. The van der Waals surface area contributed by atoms with Crippen molar-refractivity contribution in [1.82, 2.24) is 5.16 Å². The molecule has 6 nitrogen and oxygen atoms in total. The number of para-hydroxylation sites is 1. The van der Waals surface area contributed by atoms with Gasteiger partial charge >= 0.3 is 0 Å². The molecule has 144 valence electrons. The molecule has 0 aliphatic heterocycles. The molecule has 0 amide bonds. The molecule has 0 unspecified atom stereocenters. The van der Waals surface area contributed by atoms with Crippen molar-refractivity contribution in [3.63, 3.8) is 0 Å². The molecular formula is C20H17BrN2O4S. The van der Waals surface area contributed by atoms with Gasteiger partial charge in [0.1, 0.15) is 10.6 Å². The van der Waals surface area contributed by atoms with Crippen molar-refractivity contribution in [1.29, 1.82) is 0 Å². The highest BCUT2D eigenvalue weighted by molar-refractivity contribution is 9.10. The topological polar surface area (TPSA) is 81.4 Å². The van der Waals surface area contributed by atoms with Gasteiger partial charge in [0.25, 0.3) is 10.0 Å². The normalized spacial score (nSPS) is 16.4. The molecule has 1 fully saturated rings. The zero-order valence-corrected chi connectivity index (χ0v) is 17.4. The molecule has 0 atom stereocenters. The first-order valence-corrected chi connectivity index (χ1v) is 11.2. The molecule has 1 saturated carbocycles. The Bertz CT molecular complexity index is 1200. The van der Waals surface area contributed by atoms with Crippen LogP contribution in [0, 0.1) is 0 Å². The summed E-state index contributed by atoms with van der Waals surface area (Å²) in [5, 5.41) is 4.06. The number of aromatic nitrogens is 1. The van der Waals surface area contributed by atoms with Gasteiger partial charge in [0.2, 0.25) is 0 Å². The maximum Gasteiger partial charge on any atom is 0.266 e. The van der Waals surface area contributed by atoms with E-state index in [-0.39, 0.29) is 21.9 Å². The summed E-state index contributed by atoms with van der Waals surface area (Å²) in [6.07, 6.45) is 2.86. The number of hydrogen-bond acceptors (Lipinski definition) is 5. The van der Waals surface area contributed by atoms with Crippen molar-refractivity contribution in [3.05, 3.63) is 58.1 Å². The van der Waals surface area contributed by atoms with Crippen LogP contribution in [0.3, 0.4) is 0 Å². The number of methoxy groups -OCH3 is 1. The van der Waals surface area contributed by atoms with Crippen molar-refractivity contribution < 1.29 is 17.7 Å². The molecule has 1 heterocycles. The van der Waals surface area contributed by atoms with Gasteiger partial charge in [-0.3, -0.25) is 4.72 Å². The molecule has 1 N–H and O–H groups in total. The molecule has 5 rings (SSSR count). The summed E-state index contributed by atoms with van der Waals surface area (Å²) in [7, 11) is -2.43. The van der Waals surface area contributed by atoms with Crippen molar-refractivity contribution in [2.75, 3.05) is 11.8 Å². The van der Waals surface area contributed by atoms with Gasteiger partial charge in [-0.15, -0.1) is 0 Å². The fourth-order valence-electron chi connectivity index (χ4n) is 3.99. The van der Waals surface area contributed by atoms with Crippen LogP contribution in [0.15, 0.2) is 56.4 Å². The van der Waals surface area contributed by atoms with Crippen LogP contribution < -0.4 is 9.46 Å². The quantitative estimate of drug-likeness (QED) is 0.619. The molecule has 0 bridgehead atoms. The third-order valence-corrected chi connectivity index (χ3v) is 7.42. The maximum atomic E-state index is 13.0. The molecule has 1 aromatic heterocycles. The minimum absolute atomic E-state index is 0.0548. The van der Waals surface area contributed by atoms with E-state index < -0.39 is 10.0 Å². The average molecular weight is 461 g/mol. The lowest BCUT2D eigenvalue weighted by Crippen LogP contribution is -2.20. The largest absolute Gasteiger partial charge is 0.495 e. The van der Waals surface area contributed by atoms with E-state index in [9.17, 15) is 8.42 Å². The van der Waals surface area contributed by atoms with Gasteiger partial charge in [0.15, 0.2) is 11.6 Å². The summed E-state index contributed by atoms with van der Waals surface area (Å²) in [6, 6.07) is 12.7. The van der Waals surface area contributed by atoms with Crippen LogP contribution >= 0.6 is 15.9 Å². The van der Waals surface area contributed by atoms with Crippen LogP contribution in [0.25, 0.3) is 11.3 Å². The number of fused-ring (bicyclic) bond motifs is 4. The number of hydrogen-bond donors (Lipinski definition) is 1. The van der Waals surface area contributed by atoms with Crippen LogP contribution in [0.5, 0.6) is 5.75 Å². The van der Waals surface area contributed by atoms with Crippen LogP contribution in [-0.4, -0.2) is 20.7 Å². The number of nitrogens with zero attached hydrogens (tertiary/aromatic N) is 1. The third-order valence-electron chi connectivity index (χ3n) is 5.54. The van der Waals surface area contributed by atoms with Gasteiger partial charge in [-0.25, -0.2) is 8.42 Å². The van der Waals surface area contributed by atoms with Gasteiger partial charge in [0.05, 0.1) is 7.11 Å². The van der Waals surface area contributed by atoms with Gasteiger partial charge in [-0.2, -0.15) is 0 Å². The number of sulfonamides is 1. The first kappa shape index (κ1) is 17.8. The molecule has 1 spiro atoms. The minimum Gasteiger partial charge on any atom is -0.495 e. The van der Waals surface area contributed by atoms with E-state index >= 15 is 0 Å². The fourth-order valence-corrected chi connectivity index (χ4v) is 5.55. The number of ether oxygens (including phenoxy) is 1. The number of benzene rings is 2. The Kier molecular flexibility index (Phi) is 3.86. The lowest BCUT2D eigenvalue weighted by Gasteiger charge is -2.24. The Labute approximate surface area is 171 Å². The summed E-state index contributed by atoms with van der Waals surface area (Å²) in [5.74, 6) is 1.16. The van der Waals surface area contributed by atoms with E-state index in [1.165, 1.54) is 18.7 Å². The second kappa shape index (κ2) is 6.09. The number of anilines is 1. The van der Waals surface area contributed by atoms with E-state index in [0.717, 1.165) is 28.4 Å². The first-order chi connectivity index (χ1) is 13.4. The maximum absolute atomic E-state index is 13.0. The van der Waals surface area contributed by atoms with E-state index in [2.05, 4.69) is 31.9 Å². The van der Waals surface area contributed by atoms with Crippen molar-refractivity contribution in [2.45, 2.75) is 29.6 Å². The molecule has 2 aromatic carbocycles. The van der Waals surface area contributed by atoms with Gasteiger partial charge < -0.3 is 9.26 Å². The summed E-state index contributed by atoms with van der Waals surface area (Å²) in [5.41, 5.74) is 3.09. The summed E-state index contributed by atoms with van der Waals surface area (Å²) in [6.45, 7) is 0. The molecular weight excluding hydrogens is 444 g/mol. The standard InChI is InChI=1S/C20H17BrN2O4S/c1-26-16-4-2-3-5-17(16)28(24,25)23-19-14-11-20(8-9-20)15-7-6-12(21)10-13(15)18(14)27-22-19/h2-7,10H,8-9,11H2,1H3,(H,22,23). The molecule has 2 aliphatic rings. The van der Waals surface area contributed by atoms with E-state index in [4.69, 9.17) is 9.26 Å². The van der Waals surface area contributed by atoms with Crippen LogP contribution in [-0.2, 0) is 21.9 Å². The number of rotatable bonds is 4. The molecule has 3 aromatic rings. The van der Waals surface area contributed by atoms with Crippen LogP contribution in [0.2, 0.25) is 0 Å². The lowest BCUT2D eigenvalue weighted by atomic mass is 9.79. The second-order valence-electron chi connectivity index (χ2n) is 7.24. The number of nitrogens with one attached hydrogen (secondary N) is 1. The van der Waals surface area contributed by atoms with Crippen LogP contribution in [0.1, 0.15) is 24.0 Å². The van der Waals surface area contributed by atoms with E-state index in [0.29, 0.717) is 12.2 Å². The van der Waals surface area contributed by atoms with E-state index in [1.54, 1.807) is 18.2 Å². The molecule has 2 aliphatic carbocycles. The monoisotopic (exact) mass is 460 g/mol. The predicted molar refractivity (Wildman–Crippen MR) is 108 cm³/mol. The second-order valence-corrected chi connectivity index (χ2v) is 9.81. The number of halogens is 1. The molecule has 8 heteroatoms. The Morgan fingerprint density at radius 3 is 2.75 bits per heavy atom. The van der Waals surface area contributed by atoms with Crippen molar-refractivity contribution in [2.24, 2.45) is 0 Å². The summed E-state index contributed by atoms with van der Waals surface area (Å²) >= 11 is 3.51. The lowest BCUT2D eigenvalue weighted by molar-refractivity contribution is 0.403. The minimum atomic E-state index is -3.87. The first-order valence-electron chi connectivity index (χ1n) is 8.88. The Hall–Kier alpha value is -2.32. The zero-order valence-electron chi connectivity index (χ0n) is 15.0. The predicted octanol–water partition coefficient (Wildman–Crippen LogP) is 4.50.